The number of amides is 1. The molecule has 8 heteroatoms. The number of halogens is 1. The van der Waals surface area contributed by atoms with Crippen molar-refractivity contribution in [1.29, 1.82) is 0 Å². The predicted octanol–water partition coefficient (Wildman–Crippen LogP) is 4.06. The van der Waals surface area contributed by atoms with Gasteiger partial charge >= 0.3 is 0 Å². The van der Waals surface area contributed by atoms with Crippen molar-refractivity contribution in [1.82, 2.24) is 15.0 Å². The molecule has 4 heterocycles. The molecule has 1 aliphatic heterocycles. The number of nitrogens with one attached hydrogen (secondary N) is 1. The summed E-state index contributed by atoms with van der Waals surface area (Å²) in [4.78, 5) is 28.3. The minimum absolute atomic E-state index is 0.182. The smallest absolute Gasteiger partial charge is 0.267 e. The van der Waals surface area contributed by atoms with E-state index < -0.39 is 0 Å². The first-order valence-corrected chi connectivity index (χ1v) is 10.2. The fourth-order valence-corrected chi connectivity index (χ4v) is 3.92. The number of aromatic nitrogens is 3. The first-order chi connectivity index (χ1) is 12.7. The Morgan fingerprint density at radius 3 is 2.58 bits per heavy atom. The first-order valence-electron chi connectivity index (χ1n) is 8.29. The maximum atomic E-state index is 12.4. The topological polar surface area (TPSA) is 71.0 Å². The number of hydrogen-bond donors (Lipinski definition) is 1. The number of thiazole rings is 1. The molecule has 0 bridgehead atoms. The van der Waals surface area contributed by atoms with E-state index in [0.717, 1.165) is 33.2 Å². The molecule has 3 aromatic rings. The minimum atomic E-state index is -0.182. The van der Waals surface area contributed by atoms with Crippen LogP contribution in [0.15, 0.2) is 42.9 Å². The molecule has 0 saturated carbocycles. The number of rotatable bonds is 4. The van der Waals surface area contributed by atoms with E-state index in [0.29, 0.717) is 10.6 Å². The van der Waals surface area contributed by atoms with E-state index in [1.807, 2.05) is 30.5 Å². The van der Waals surface area contributed by atoms with E-state index in [9.17, 15) is 4.79 Å². The zero-order valence-corrected chi connectivity index (χ0v) is 16.8. The Morgan fingerprint density at radius 2 is 1.88 bits per heavy atom. The highest BCUT2D eigenvalue weighted by molar-refractivity contribution is 14.1. The Bertz CT molecular complexity index is 904. The average molecular weight is 477 g/mol. The standard InChI is InChI=1S/C18H16IN5OS/c19-15-5-4-13(10-20-15)23-17(25)14-11-22-18(26-14)12-3-6-16(21-9-12)24-7-1-2-8-24/h3-6,9-11H,1-2,7-8H2,(H,23,25). The number of anilines is 2. The Balaban J connectivity index is 1.46. The van der Waals surface area contributed by atoms with Crippen LogP contribution in [0.1, 0.15) is 22.5 Å². The molecule has 3 aromatic heterocycles. The fourth-order valence-electron chi connectivity index (χ4n) is 2.80. The molecule has 4 rings (SSSR count). The van der Waals surface area contributed by atoms with Crippen molar-refractivity contribution in [3.63, 3.8) is 0 Å². The van der Waals surface area contributed by atoms with Crippen molar-refractivity contribution in [3.05, 3.63) is 51.4 Å². The number of hydrogen-bond acceptors (Lipinski definition) is 6. The molecule has 0 unspecified atom stereocenters. The van der Waals surface area contributed by atoms with Crippen molar-refractivity contribution in [2.24, 2.45) is 0 Å². The summed E-state index contributed by atoms with van der Waals surface area (Å²) in [7, 11) is 0. The lowest BCUT2D eigenvalue weighted by molar-refractivity contribution is 0.103. The third-order valence-corrected chi connectivity index (χ3v) is 5.82. The van der Waals surface area contributed by atoms with E-state index >= 15 is 0 Å². The highest BCUT2D eigenvalue weighted by atomic mass is 127. The summed E-state index contributed by atoms with van der Waals surface area (Å²) in [5.74, 6) is 0.824. The van der Waals surface area contributed by atoms with Gasteiger partial charge in [0.1, 0.15) is 19.4 Å². The van der Waals surface area contributed by atoms with Crippen LogP contribution in [0.3, 0.4) is 0 Å². The normalized spacial score (nSPS) is 13.8. The van der Waals surface area contributed by atoms with Crippen LogP contribution in [0, 0.1) is 3.70 Å². The molecule has 0 aromatic carbocycles. The van der Waals surface area contributed by atoms with Crippen LogP contribution < -0.4 is 10.2 Å². The molecular weight excluding hydrogens is 461 g/mol. The van der Waals surface area contributed by atoms with E-state index in [-0.39, 0.29) is 5.91 Å². The second kappa shape index (κ2) is 7.67. The zero-order chi connectivity index (χ0) is 17.9. The van der Waals surface area contributed by atoms with Gasteiger partial charge in [0.15, 0.2) is 0 Å². The van der Waals surface area contributed by atoms with Crippen molar-refractivity contribution < 1.29 is 4.79 Å². The lowest BCUT2D eigenvalue weighted by atomic mass is 10.3. The molecule has 1 aliphatic rings. The van der Waals surface area contributed by atoms with Crippen LogP contribution in [0.25, 0.3) is 10.6 Å². The SMILES string of the molecule is O=C(Nc1ccc(I)nc1)c1cnc(-c2ccc(N3CCCC3)nc2)s1. The molecule has 0 spiro atoms. The third kappa shape index (κ3) is 3.85. The maximum absolute atomic E-state index is 12.4. The number of carbonyl (C=O) groups excluding carboxylic acids is 1. The lowest BCUT2D eigenvalue weighted by Gasteiger charge is -2.15. The third-order valence-electron chi connectivity index (χ3n) is 4.14. The molecule has 132 valence electrons. The Hall–Kier alpha value is -2.07. The average Bonchev–Trinajstić information content (AvgIpc) is 3.36. The van der Waals surface area contributed by atoms with Crippen LogP contribution in [0.5, 0.6) is 0 Å². The van der Waals surface area contributed by atoms with Crippen LogP contribution in [0.2, 0.25) is 0 Å². The van der Waals surface area contributed by atoms with E-state index in [2.05, 4.69) is 47.8 Å². The highest BCUT2D eigenvalue weighted by Crippen LogP contribution is 2.27. The van der Waals surface area contributed by atoms with Gasteiger partial charge in [-0.3, -0.25) is 4.79 Å². The summed E-state index contributed by atoms with van der Waals surface area (Å²) in [5, 5.41) is 3.63. The van der Waals surface area contributed by atoms with E-state index in [1.54, 1.807) is 12.4 Å². The molecule has 1 saturated heterocycles. The van der Waals surface area contributed by atoms with Crippen LogP contribution in [0.4, 0.5) is 11.5 Å². The van der Waals surface area contributed by atoms with E-state index in [1.165, 1.54) is 24.2 Å². The lowest BCUT2D eigenvalue weighted by Crippen LogP contribution is -2.18. The second-order valence-corrected chi connectivity index (χ2v) is 8.09. The van der Waals surface area contributed by atoms with Crippen molar-refractivity contribution >= 4 is 51.3 Å². The van der Waals surface area contributed by atoms with Gasteiger partial charge in [0.05, 0.1) is 18.1 Å². The quantitative estimate of drug-likeness (QED) is 0.454. The summed E-state index contributed by atoms with van der Waals surface area (Å²) in [6.45, 7) is 2.14. The maximum Gasteiger partial charge on any atom is 0.267 e. The van der Waals surface area contributed by atoms with Gasteiger partial charge in [0, 0.05) is 24.8 Å². The van der Waals surface area contributed by atoms with Crippen molar-refractivity contribution in [3.8, 4) is 10.6 Å². The van der Waals surface area contributed by atoms with Gasteiger partial charge in [-0.05, 0) is 59.7 Å². The van der Waals surface area contributed by atoms with Gasteiger partial charge in [-0.25, -0.2) is 15.0 Å². The zero-order valence-electron chi connectivity index (χ0n) is 13.9. The molecule has 0 atom stereocenters. The largest absolute Gasteiger partial charge is 0.357 e. The summed E-state index contributed by atoms with van der Waals surface area (Å²) >= 11 is 3.48. The van der Waals surface area contributed by atoms with Crippen molar-refractivity contribution in [2.75, 3.05) is 23.3 Å². The number of nitrogens with zero attached hydrogens (tertiary/aromatic N) is 4. The van der Waals surface area contributed by atoms with Gasteiger partial charge in [-0.1, -0.05) is 0 Å². The molecule has 1 fully saturated rings. The van der Waals surface area contributed by atoms with Crippen molar-refractivity contribution in [2.45, 2.75) is 12.8 Å². The van der Waals surface area contributed by atoms with E-state index in [4.69, 9.17) is 0 Å². The minimum Gasteiger partial charge on any atom is -0.357 e. The molecule has 1 N–H and O–H groups in total. The molecule has 0 radical (unpaired) electrons. The molecule has 1 amide bonds. The van der Waals surface area contributed by atoms with Crippen LogP contribution >= 0.6 is 33.9 Å². The van der Waals surface area contributed by atoms with Gasteiger partial charge in [-0.2, -0.15) is 0 Å². The van der Waals surface area contributed by atoms with Gasteiger partial charge in [0.25, 0.3) is 5.91 Å². The van der Waals surface area contributed by atoms with Crippen LogP contribution in [-0.2, 0) is 0 Å². The first kappa shape index (κ1) is 17.3. The summed E-state index contributed by atoms with van der Waals surface area (Å²) in [5.41, 5.74) is 1.59. The monoisotopic (exact) mass is 477 g/mol. The molecule has 6 nitrogen and oxygen atoms in total. The van der Waals surface area contributed by atoms with Crippen LogP contribution in [-0.4, -0.2) is 33.9 Å². The fraction of sp³-hybridized carbons (Fsp3) is 0.222. The predicted molar refractivity (Wildman–Crippen MR) is 112 cm³/mol. The van der Waals surface area contributed by atoms with Gasteiger partial charge in [-0.15, -0.1) is 11.3 Å². The highest BCUT2D eigenvalue weighted by Gasteiger charge is 2.15. The second-order valence-electron chi connectivity index (χ2n) is 5.95. The van der Waals surface area contributed by atoms with Gasteiger partial charge in [0.2, 0.25) is 0 Å². The van der Waals surface area contributed by atoms with Gasteiger partial charge < -0.3 is 10.2 Å². The summed E-state index contributed by atoms with van der Waals surface area (Å²) < 4.78 is 0.880. The number of pyridine rings is 2. The Labute approximate surface area is 168 Å². The number of carbonyl (C=O) groups is 1. The molecular formula is C18H16IN5OS. The molecule has 26 heavy (non-hydrogen) atoms. The molecule has 0 aliphatic carbocycles. The summed E-state index contributed by atoms with van der Waals surface area (Å²) in [6, 6.07) is 7.72. The summed E-state index contributed by atoms with van der Waals surface area (Å²) in [6.07, 6.45) is 7.53. The Kier molecular flexibility index (Phi) is 5.11. The Morgan fingerprint density at radius 1 is 1.04 bits per heavy atom.